The van der Waals surface area contributed by atoms with Crippen LogP contribution in [0.15, 0.2) is 218 Å². The van der Waals surface area contributed by atoms with Gasteiger partial charge in [-0.2, -0.15) is 0 Å². The highest BCUT2D eigenvalue weighted by atomic mass is 15.0. The van der Waals surface area contributed by atoms with Gasteiger partial charge in [0.1, 0.15) is 0 Å². The monoisotopic (exact) mass is 916 g/mol. The molecule has 72 heavy (non-hydrogen) atoms. The number of nitrogens with zero attached hydrogens (tertiary/aromatic N) is 2. The summed E-state index contributed by atoms with van der Waals surface area (Å²) in [6.45, 7) is 9.57. The third-order valence-corrected chi connectivity index (χ3v) is 17.2. The molecular formula is C70H48N2. The van der Waals surface area contributed by atoms with E-state index >= 15 is 0 Å². The first kappa shape index (κ1) is 40.1. The number of hydrogen-bond donors (Lipinski definition) is 0. The predicted molar refractivity (Wildman–Crippen MR) is 306 cm³/mol. The van der Waals surface area contributed by atoms with E-state index in [1.54, 1.807) is 0 Å². The summed E-state index contributed by atoms with van der Waals surface area (Å²) in [5.41, 5.74) is 20.3. The van der Waals surface area contributed by atoms with Crippen LogP contribution in [-0.4, -0.2) is 9.13 Å². The second-order valence-corrected chi connectivity index (χ2v) is 21.6. The van der Waals surface area contributed by atoms with Crippen molar-refractivity contribution >= 4 is 86.7 Å². The minimum atomic E-state index is -0.135. The first-order valence-corrected chi connectivity index (χ1v) is 25.5. The summed E-state index contributed by atoms with van der Waals surface area (Å²) in [4.78, 5) is 0. The predicted octanol–water partition coefficient (Wildman–Crippen LogP) is 18.8. The van der Waals surface area contributed by atoms with E-state index in [2.05, 4.69) is 255 Å². The Hall–Kier alpha value is -8.72. The van der Waals surface area contributed by atoms with Gasteiger partial charge in [0.2, 0.25) is 0 Å². The van der Waals surface area contributed by atoms with E-state index < -0.39 is 0 Å². The van der Waals surface area contributed by atoms with Crippen LogP contribution >= 0.6 is 0 Å². The van der Waals surface area contributed by atoms with Gasteiger partial charge in [0.05, 0.1) is 33.4 Å². The van der Waals surface area contributed by atoms with Gasteiger partial charge < -0.3 is 9.13 Å². The SMILES string of the molecule is CC1(C)c2ccccc2-c2cc3c4cc(-c5ccc6c(c5)c5cc7c(cc5n6-c5cc6ccccc6c6ccccc56)C(C)(C)c5ccccc5-7)ccc4n(-c4cc5ccccc5c5ccccc45)c3cc21. The molecule has 2 aliphatic rings. The first-order valence-electron chi connectivity index (χ1n) is 25.5. The summed E-state index contributed by atoms with van der Waals surface area (Å²) in [6, 6.07) is 83.0. The molecule has 12 aromatic carbocycles. The van der Waals surface area contributed by atoms with Crippen molar-refractivity contribution in [3.63, 3.8) is 0 Å². The minimum absolute atomic E-state index is 0.135. The summed E-state index contributed by atoms with van der Waals surface area (Å²) in [6.07, 6.45) is 0. The molecule has 0 amide bonds. The van der Waals surface area contributed by atoms with E-state index in [1.165, 1.54) is 154 Å². The van der Waals surface area contributed by atoms with Crippen LogP contribution in [-0.2, 0) is 10.8 Å². The number of rotatable bonds is 3. The molecule has 0 atom stereocenters. The van der Waals surface area contributed by atoms with Crippen molar-refractivity contribution in [1.29, 1.82) is 0 Å². The fourth-order valence-electron chi connectivity index (χ4n) is 13.7. The van der Waals surface area contributed by atoms with Gasteiger partial charge in [-0.05, 0) is 149 Å². The highest BCUT2D eigenvalue weighted by Crippen LogP contribution is 2.54. The molecule has 16 rings (SSSR count). The van der Waals surface area contributed by atoms with Crippen LogP contribution in [0, 0.1) is 0 Å². The third-order valence-electron chi connectivity index (χ3n) is 17.2. The third kappa shape index (κ3) is 5.18. The standard InChI is InChI=1S/C70H48N2/c1-69(2)59-27-15-13-23-49(59)53-37-57-55-33-41(29-31-63(55)71(67(57)39-61(53)69)65-35-43-17-5-7-19-45(43)47-21-9-11-25-51(47)65)42-30-32-64-56(34-42)58-38-54-50-24-14-16-28-60(50)70(3,4)62(54)40-68(58)72(64)66-36-44-18-6-8-20-46(44)48-22-10-12-26-52(48)66/h5-40H,1-4H3. The van der Waals surface area contributed by atoms with Crippen molar-refractivity contribution in [3.8, 4) is 44.8 Å². The molecular weight excluding hydrogens is 869 g/mol. The highest BCUT2D eigenvalue weighted by molar-refractivity contribution is 6.19. The smallest absolute Gasteiger partial charge is 0.0546 e. The highest BCUT2D eigenvalue weighted by Gasteiger charge is 2.38. The Morgan fingerprint density at radius 3 is 1.06 bits per heavy atom. The van der Waals surface area contributed by atoms with Crippen molar-refractivity contribution in [2.45, 2.75) is 38.5 Å². The lowest BCUT2D eigenvalue weighted by Gasteiger charge is -2.22. The van der Waals surface area contributed by atoms with Gasteiger partial charge in [0.25, 0.3) is 0 Å². The molecule has 2 nitrogen and oxygen atoms in total. The van der Waals surface area contributed by atoms with Crippen LogP contribution in [0.25, 0.3) is 131 Å². The molecule has 0 saturated heterocycles. The maximum Gasteiger partial charge on any atom is 0.0546 e. The molecule has 0 radical (unpaired) electrons. The molecule has 2 heterocycles. The van der Waals surface area contributed by atoms with E-state index in [-0.39, 0.29) is 10.8 Å². The number of fused-ring (bicyclic) bond motifs is 18. The molecule has 0 spiro atoms. The van der Waals surface area contributed by atoms with Crippen molar-refractivity contribution < 1.29 is 0 Å². The molecule has 0 aliphatic heterocycles. The van der Waals surface area contributed by atoms with E-state index in [9.17, 15) is 0 Å². The van der Waals surface area contributed by atoms with Crippen LogP contribution in [0.3, 0.4) is 0 Å². The lowest BCUT2D eigenvalue weighted by atomic mass is 9.82. The van der Waals surface area contributed by atoms with Gasteiger partial charge in [0, 0.05) is 43.1 Å². The quantitative estimate of drug-likeness (QED) is 0.156. The molecule has 2 aromatic heterocycles. The fourth-order valence-corrected chi connectivity index (χ4v) is 13.7. The van der Waals surface area contributed by atoms with E-state index in [1.807, 2.05) is 0 Å². The summed E-state index contributed by atoms with van der Waals surface area (Å²) in [5, 5.41) is 15.1. The molecule has 14 aromatic rings. The zero-order chi connectivity index (χ0) is 47.8. The summed E-state index contributed by atoms with van der Waals surface area (Å²) in [5.74, 6) is 0. The molecule has 0 N–H and O–H groups in total. The molecule has 0 bridgehead atoms. The lowest BCUT2D eigenvalue weighted by molar-refractivity contribution is 0.661. The van der Waals surface area contributed by atoms with Crippen LogP contribution < -0.4 is 0 Å². The zero-order valence-electron chi connectivity index (χ0n) is 40.7. The van der Waals surface area contributed by atoms with E-state index in [0.717, 1.165) is 0 Å². The van der Waals surface area contributed by atoms with Crippen molar-refractivity contribution in [2.75, 3.05) is 0 Å². The molecule has 0 saturated carbocycles. The lowest BCUT2D eigenvalue weighted by Crippen LogP contribution is -2.15. The zero-order valence-corrected chi connectivity index (χ0v) is 40.7. The average molecular weight is 917 g/mol. The maximum absolute atomic E-state index is 2.56. The maximum atomic E-state index is 2.56. The van der Waals surface area contributed by atoms with Gasteiger partial charge in [-0.15, -0.1) is 0 Å². The molecule has 338 valence electrons. The number of hydrogen-bond acceptors (Lipinski definition) is 0. The first-order chi connectivity index (χ1) is 35.2. The topological polar surface area (TPSA) is 9.86 Å². The van der Waals surface area contributed by atoms with Gasteiger partial charge in [-0.1, -0.05) is 185 Å². The van der Waals surface area contributed by atoms with Gasteiger partial charge in [0.15, 0.2) is 0 Å². The largest absolute Gasteiger partial charge is 0.309 e. The second kappa shape index (κ2) is 14.0. The Morgan fingerprint density at radius 1 is 0.250 bits per heavy atom. The van der Waals surface area contributed by atoms with Crippen molar-refractivity contribution in [3.05, 3.63) is 241 Å². The number of benzene rings is 12. The van der Waals surface area contributed by atoms with E-state index in [0.29, 0.717) is 0 Å². The van der Waals surface area contributed by atoms with Crippen LogP contribution in [0.5, 0.6) is 0 Å². The molecule has 0 unspecified atom stereocenters. The summed E-state index contributed by atoms with van der Waals surface area (Å²) >= 11 is 0. The normalized spacial score (nSPS) is 14.3. The Balaban J connectivity index is 0.980. The Bertz CT molecular complexity index is 4440. The molecule has 2 heteroatoms. The minimum Gasteiger partial charge on any atom is -0.309 e. The summed E-state index contributed by atoms with van der Waals surface area (Å²) in [7, 11) is 0. The fraction of sp³-hybridized carbons (Fsp3) is 0.0857. The van der Waals surface area contributed by atoms with Gasteiger partial charge in [-0.25, -0.2) is 0 Å². The Labute approximate surface area is 417 Å². The van der Waals surface area contributed by atoms with Crippen LogP contribution in [0.2, 0.25) is 0 Å². The molecule has 0 fully saturated rings. The number of aromatic nitrogens is 2. The average Bonchev–Trinajstić information content (AvgIpc) is 4.07. The second-order valence-electron chi connectivity index (χ2n) is 21.6. The summed E-state index contributed by atoms with van der Waals surface area (Å²) < 4.78 is 5.13. The van der Waals surface area contributed by atoms with Crippen molar-refractivity contribution in [1.82, 2.24) is 9.13 Å². The Kier molecular flexibility index (Phi) is 7.78. The van der Waals surface area contributed by atoms with Crippen LogP contribution in [0.4, 0.5) is 0 Å². The van der Waals surface area contributed by atoms with Gasteiger partial charge >= 0.3 is 0 Å². The van der Waals surface area contributed by atoms with E-state index in [4.69, 9.17) is 0 Å². The van der Waals surface area contributed by atoms with Crippen molar-refractivity contribution in [2.24, 2.45) is 0 Å². The Morgan fingerprint density at radius 2 is 0.611 bits per heavy atom. The molecule has 2 aliphatic carbocycles. The van der Waals surface area contributed by atoms with Crippen LogP contribution in [0.1, 0.15) is 49.9 Å². The van der Waals surface area contributed by atoms with Gasteiger partial charge in [-0.3, -0.25) is 0 Å².